The molecule has 0 unspecified atom stereocenters. The van der Waals surface area contributed by atoms with Gasteiger partial charge in [-0.15, -0.1) is 0 Å². The van der Waals surface area contributed by atoms with Crippen LogP contribution in [-0.2, 0) is 5.41 Å². The second-order valence-corrected chi connectivity index (χ2v) is 12.1. The third-order valence-electron chi connectivity index (χ3n) is 8.11. The predicted octanol–water partition coefficient (Wildman–Crippen LogP) is 9.97. The van der Waals surface area contributed by atoms with Gasteiger partial charge in [-0.3, -0.25) is 0 Å². The molecule has 0 atom stereocenters. The van der Waals surface area contributed by atoms with E-state index in [2.05, 4.69) is 140 Å². The molecule has 2 heteroatoms. The topological polar surface area (TPSA) is 40.5 Å². The summed E-state index contributed by atoms with van der Waals surface area (Å²) >= 11 is 0. The van der Waals surface area contributed by atoms with Gasteiger partial charge in [0.1, 0.15) is 11.5 Å². The van der Waals surface area contributed by atoms with Crippen LogP contribution in [0.1, 0.15) is 124 Å². The van der Waals surface area contributed by atoms with Gasteiger partial charge in [0.15, 0.2) is 0 Å². The summed E-state index contributed by atoms with van der Waals surface area (Å²) in [6.07, 6.45) is 0. The first-order valence-electron chi connectivity index (χ1n) is 14.4. The van der Waals surface area contributed by atoms with E-state index in [0.717, 1.165) is 44.5 Å². The number of aromatic hydroxyl groups is 2. The SMILES string of the molecule is CC(C)c1cc(C(c2ccccc2)(c2ccccc2)c2cc(C(C)C)c(O)c(C(C)C)c2)cc(C(C)C)c1O. The average Bonchev–Trinajstić information content (AvgIpc) is 2.91. The second kappa shape index (κ2) is 11.3. The number of hydrogen-bond acceptors (Lipinski definition) is 2. The quantitative estimate of drug-likeness (QED) is 0.227. The van der Waals surface area contributed by atoms with E-state index in [1.165, 1.54) is 0 Å². The van der Waals surface area contributed by atoms with E-state index in [4.69, 9.17) is 0 Å². The Labute approximate surface area is 235 Å². The predicted molar refractivity (Wildman–Crippen MR) is 164 cm³/mol. The molecule has 4 aromatic rings. The van der Waals surface area contributed by atoms with Gasteiger partial charge in [0, 0.05) is 0 Å². The highest BCUT2D eigenvalue weighted by atomic mass is 16.3. The van der Waals surface area contributed by atoms with Gasteiger partial charge in [0.05, 0.1) is 5.41 Å². The minimum atomic E-state index is -0.662. The molecule has 0 aromatic heterocycles. The first-order valence-corrected chi connectivity index (χ1v) is 14.4. The van der Waals surface area contributed by atoms with Crippen LogP contribution in [-0.4, -0.2) is 10.2 Å². The summed E-state index contributed by atoms with van der Waals surface area (Å²) < 4.78 is 0. The van der Waals surface area contributed by atoms with E-state index < -0.39 is 5.41 Å². The molecule has 0 saturated heterocycles. The van der Waals surface area contributed by atoms with Gasteiger partial charge in [-0.2, -0.15) is 0 Å². The molecule has 204 valence electrons. The zero-order valence-corrected chi connectivity index (χ0v) is 24.8. The molecule has 0 aliphatic carbocycles. The van der Waals surface area contributed by atoms with Crippen LogP contribution < -0.4 is 0 Å². The van der Waals surface area contributed by atoms with Gasteiger partial charge in [0.2, 0.25) is 0 Å². The lowest BCUT2D eigenvalue weighted by Gasteiger charge is -2.39. The Morgan fingerprint density at radius 2 is 0.667 bits per heavy atom. The molecule has 2 N–H and O–H groups in total. The first kappa shape index (κ1) is 28.5. The standard InChI is InChI=1S/C37H44O2/c1-23(2)31-19-29(20-32(24(3)4)35(31)38)37(27-15-11-9-12-16-27,28-17-13-10-14-18-28)30-21-33(25(5)6)36(39)34(22-30)26(7)8/h9-26,38-39H,1-8H3. The lowest BCUT2D eigenvalue weighted by molar-refractivity contribution is 0.453. The zero-order valence-electron chi connectivity index (χ0n) is 24.8. The molecule has 4 aromatic carbocycles. The van der Waals surface area contributed by atoms with Crippen LogP contribution in [0.15, 0.2) is 84.9 Å². The van der Waals surface area contributed by atoms with Crippen molar-refractivity contribution in [2.75, 3.05) is 0 Å². The van der Waals surface area contributed by atoms with Crippen molar-refractivity contribution in [3.8, 4) is 11.5 Å². The Balaban J connectivity index is 2.29. The summed E-state index contributed by atoms with van der Waals surface area (Å²) in [6, 6.07) is 30.2. The van der Waals surface area contributed by atoms with Crippen molar-refractivity contribution in [1.29, 1.82) is 0 Å². The summed E-state index contributed by atoms with van der Waals surface area (Å²) in [5.74, 6) is 1.42. The normalized spacial score (nSPS) is 12.2. The number of rotatable bonds is 8. The fourth-order valence-electron chi connectivity index (χ4n) is 5.93. The molecule has 39 heavy (non-hydrogen) atoms. The fraction of sp³-hybridized carbons (Fsp3) is 0.351. The van der Waals surface area contributed by atoms with Crippen LogP contribution in [0.25, 0.3) is 0 Å². The number of benzene rings is 4. The Kier molecular flexibility index (Phi) is 8.25. The van der Waals surface area contributed by atoms with E-state index in [0.29, 0.717) is 11.5 Å². The summed E-state index contributed by atoms with van der Waals surface area (Å²) in [7, 11) is 0. The molecule has 0 aliphatic rings. The Hall–Kier alpha value is -3.52. The maximum Gasteiger partial charge on any atom is 0.122 e. The van der Waals surface area contributed by atoms with Crippen molar-refractivity contribution in [1.82, 2.24) is 0 Å². The highest BCUT2D eigenvalue weighted by Crippen LogP contribution is 2.50. The van der Waals surface area contributed by atoms with Crippen molar-refractivity contribution in [3.05, 3.63) is 129 Å². The van der Waals surface area contributed by atoms with E-state index in [1.807, 2.05) is 0 Å². The van der Waals surface area contributed by atoms with E-state index in [-0.39, 0.29) is 23.7 Å². The van der Waals surface area contributed by atoms with Gasteiger partial charge in [-0.25, -0.2) is 0 Å². The number of phenols is 2. The van der Waals surface area contributed by atoms with Crippen molar-refractivity contribution < 1.29 is 10.2 Å². The maximum absolute atomic E-state index is 11.4. The lowest BCUT2D eigenvalue weighted by Crippen LogP contribution is -2.32. The molecule has 4 rings (SSSR count). The monoisotopic (exact) mass is 520 g/mol. The van der Waals surface area contributed by atoms with Crippen molar-refractivity contribution in [2.45, 2.75) is 84.5 Å². The highest BCUT2D eigenvalue weighted by Gasteiger charge is 2.40. The van der Waals surface area contributed by atoms with Gasteiger partial charge >= 0.3 is 0 Å². The molecule has 0 amide bonds. The van der Waals surface area contributed by atoms with Crippen molar-refractivity contribution >= 4 is 0 Å². The van der Waals surface area contributed by atoms with E-state index in [1.54, 1.807) is 0 Å². The fourth-order valence-corrected chi connectivity index (χ4v) is 5.93. The van der Waals surface area contributed by atoms with Crippen LogP contribution in [0.4, 0.5) is 0 Å². The Morgan fingerprint density at radius 3 is 0.897 bits per heavy atom. The van der Waals surface area contributed by atoms with Crippen LogP contribution in [0.5, 0.6) is 11.5 Å². The highest BCUT2D eigenvalue weighted by molar-refractivity contribution is 5.65. The molecule has 0 aliphatic heterocycles. The molecular weight excluding hydrogens is 476 g/mol. The first-order chi connectivity index (χ1) is 18.5. The third kappa shape index (κ3) is 5.10. The smallest absolute Gasteiger partial charge is 0.122 e. The molecular formula is C37H44O2. The van der Waals surface area contributed by atoms with Gasteiger partial charge in [-0.1, -0.05) is 140 Å². The molecule has 0 spiro atoms. The summed E-state index contributed by atoms with van der Waals surface area (Å²) in [6.45, 7) is 17.1. The van der Waals surface area contributed by atoms with Crippen molar-refractivity contribution in [2.24, 2.45) is 0 Å². The van der Waals surface area contributed by atoms with E-state index >= 15 is 0 Å². The average molecular weight is 521 g/mol. The van der Waals surface area contributed by atoms with E-state index in [9.17, 15) is 10.2 Å². The van der Waals surface area contributed by atoms with Gasteiger partial charge in [0.25, 0.3) is 0 Å². The molecule has 0 saturated carbocycles. The van der Waals surface area contributed by atoms with Crippen LogP contribution >= 0.6 is 0 Å². The zero-order chi connectivity index (χ0) is 28.5. The second-order valence-electron chi connectivity index (χ2n) is 12.1. The minimum Gasteiger partial charge on any atom is -0.507 e. The summed E-state index contributed by atoms with van der Waals surface area (Å²) in [4.78, 5) is 0. The Bertz CT molecular complexity index is 1240. The summed E-state index contributed by atoms with van der Waals surface area (Å²) in [5.41, 5.74) is 7.73. The van der Waals surface area contributed by atoms with Gasteiger partial charge < -0.3 is 10.2 Å². The summed E-state index contributed by atoms with van der Waals surface area (Å²) in [5, 5.41) is 22.7. The van der Waals surface area contributed by atoms with Crippen LogP contribution in [0.3, 0.4) is 0 Å². The van der Waals surface area contributed by atoms with Gasteiger partial charge in [-0.05, 0) is 68.2 Å². The van der Waals surface area contributed by atoms with Crippen LogP contribution in [0, 0.1) is 0 Å². The maximum atomic E-state index is 11.4. The number of phenolic OH excluding ortho intramolecular Hbond substituents is 2. The molecule has 0 heterocycles. The van der Waals surface area contributed by atoms with Crippen LogP contribution in [0.2, 0.25) is 0 Å². The number of hydrogen-bond donors (Lipinski definition) is 2. The lowest BCUT2D eigenvalue weighted by atomic mass is 9.63. The third-order valence-corrected chi connectivity index (χ3v) is 8.11. The van der Waals surface area contributed by atoms with Crippen molar-refractivity contribution in [3.63, 3.8) is 0 Å². The minimum absolute atomic E-state index is 0.156. The Morgan fingerprint density at radius 1 is 0.410 bits per heavy atom. The molecule has 2 nitrogen and oxygen atoms in total. The molecule has 0 fully saturated rings. The largest absolute Gasteiger partial charge is 0.507 e. The molecule has 0 radical (unpaired) electrons. The molecule has 0 bridgehead atoms.